The van der Waals surface area contributed by atoms with Crippen LogP contribution < -0.4 is 5.32 Å². The summed E-state index contributed by atoms with van der Waals surface area (Å²) in [4.78, 5) is 21.6. The highest BCUT2D eigenvalue weighted by atomic mass is 32.2. The largest absolute Gasteiger partial charge is 0.480 e. The van der Waals surface area contributed by atoms with E-state index in [1.807, 2.05) is 13.8 Å². The molecule has 0 aliphatic heterocycles. The van der Waals surface area contributed by atoms with Crippen LogP contribution in [0.3, 0.4) is 0 Å². The average Bonchev–Trinajstić information content (AvgIpc) is 2.12. The highest BCUT2D eigenvalue weighted by Gasteiger charge is 2.15. The summed E-state index contributed by atoms with van der Waals surface area (Å²) in [6.45, 7) is 4.31. The highest BCUT2D eigenvalue weighted by molar-refractivity contribution is 8.00. The Morgan fingerprint density at radius 2 is 2.07 bits per heavy atom. The van der Waals surface area contributed by atoms with Gasteiger partial charge in [0.25, 0.3) is 0 Å². The summed E-state index contributed by atoms with van der Waals surface area (Å²) in [5.41, 5.74) is 0. The van der Waals surface area contributed by atoms with Gasteiger partial charge in [-0.05, 0) is 13.3 Å². The molecule has 1 amide bonds. The molecule has 0 aliphatic rings. The van der Waals surface area contributed by atoms with Crippen molar-refractivity contribution in [3.05, 3.63) is 0 Å². The van der Waals surface area contributed by atoms with Gasteiger partial charge in [-0.2, -0.15) is 0 Å². The summed E-state index contributed by atoms with van der Waals surface area (Å²) in [5.74, 6) is -0.245. The molecule has 0 rings (SSSR count). The smallest absolute Gasteiger partial charge is 0.316 e. The van der Waals surface area contributed by atoms with Gasteiger partial charge in [-0.1, -0.05) is 6.92 Å². The second-order valence-electron chi connectivity index (χ2n) is 2.81. The normalized spacial score (nSPS) is 12.1. The maximum Gasteiger partial charge on any atom is 0.316 e. The summed E-state index contributed by atoms with van der Waals surface area (Å²) in [7, 11) is 0. The molecule has 0 heterocycles. The second-order valence-corrected chi connectivity index (χ2v) is 4.12. The second kappa shape index (κ2) is 7.67. The average molecular weight is 219 g/mol. The van der Waals surface area contributed by atoms with Crippen molar-refractivity contribution in [2.75, 3.05) is 12.3 Å². The molecule has 0 saturated carbocycles. The quantitative estimate of drug-likeness (QED) is 0.673. The van der Waals surface area contributed by atoms with E-state index >= 15 is 0 Å². The van der Waals surface area contributed by atoms with Gasteiger partial charge in [-0.3, -0.25) is 9.59 Å². The first kappa shape index (κ1) is 13.3. The van der Waals surface area contributed by atoms with E-state index < -0.39 is 5.97 Å². The molecule has 0 spiro atoms. The van der Waals surface area contributed by atoms with Gasteiger partial charge in [-0.25, -0.2) is 0 Å². The molecule has 0 bridgehead atoms. The summed E-state index contributed by atoms with van der Waals surface area (Å²) in [6.07, 6.45) is 0.984. The molecule has 0 aromatic carbocycles. The third-order valence-corrected chi connectivity index (χ3v) is 3.05. The molecule has 4 nitrogen and oxygen atoms in total. The monoisotopic (exact) mass is 219 g/mol. The van der Waals surface area contributed by atoms with E-state index in [1.54, 1.807) is 0 Å². The Balaban J connectivity index is 3.61. The third kappa shape index (κ3) is 5.85. The van der Waals surface area contributed by atoms with E-state index in [4.69, 9.17) is 5.11 Å². The minimum atomic E-state index is -0.798. The maximum atomic E-state index is 11.0. The van der Waals surface area contributed by atoms with Crippen LogP contribution in [0, 0.1) is 0 Å². The molecule has 0 radical (unpaired) electrons. The molecule has 1 unspecified atom stereocenters. The number of amides is 1. The van der Waals surface area contributed by atoms with Gasteiger partial charge in [0, 0.05) is 18.7 Å². The van der Waals surface area contributed by atoms with Crippen molar-refractivity contribution in [1.82, 2.24) is 5.32 Å². The Labute approximate surface area is 88.4 Å². The summed E-state index contributed by atoms with van der Waals surface area (Å²) < 4.78 is 0. The van der Waals surface area contributed by atoms with Crippen LogP contribution in [0.4, 0.5) is 0 Å². The fraction of sp³-hybridized carbons (Fsp3) is 0.778. The van der Waals surface area contributed by atoms with E-state index in [0.29, 0.717) is 25.1 Å². The zero-order valence-electron chi connectivity index (χ0n) is 8.58. The van der Waals surface area contributed by atoms with Crippen LogP contribution in [0.1, 0.15) is 26.7 Å². The van der Waals surface area contributed by atoms with Crippen molar-refractivity contribution in [3.8, 4) is 0 Å². The predicted octanol–water partition coefficient (Wildman–Crippen LogP) is 1.11. The SMILES string of the molecule is CCNC(=O)CCSC(CC)C(=O)O. The number of aliphatic carboxylic acids is 1. The molecular weight excluding hydrogens is 202 g/mol. The number of carboxylic acid groups (broad SMARTS) is 1. The van der Waals surface area contributed by atoms with Crippen molar-refractivity contribution >= 4 is 23.6 Å². The van der Waals surface area contributed by atoms with E-state index in [0.717, 1.165) is 0 Å². The Morgan fingerprint density at radius 1 is 1.43 bits per heavy atom. The molecule has 0 aliphatic carbocycles. The lowest BCUT2D eigenvalue weighted by atomic mass is 10.3. The van der Waals surface area contributed by atoms with E-state index in [9.17, 15) is 9.59 Å². The van der Waals surface area contributed by atoms with Gasteiger partial charge in [0.2, 0.25) is 5.91 Å². The Morgan fingerprint density at radius 3 is 2.50 bits per heavy atom. The molecule has 5 heteroatoms. The zero-order chi connectivity index (χ0) is 11.0. The summed E-state index contributed by atoms with van der Waals surface area (Å²) >= 11 is 1.32. The fourth-order valence-corrected chi connectivity index (χ4v) is 1.91. The van der Waals surface area contributed by atoms with Crippen LogP contribution >= 0.6 is 11.8 Å². The Bertz CT molecular complexity index is 196. The van der Waals surface area contributed by atoms with Crippen LogP contribution in [0.15, 0.2) is 0 Å². The fourth-order valence-electron chi connectivity index (χ4n) is 0.943. The molecule has 14 heavy (non-hydrogen) atoms. The Hall–Kier alpha value is -0.710. The van der Waals surface area contributed by atoms with Crippen LogP contribution in [0.25, 0.3) is 0 Å². The molecule has 0 fully saturated rings. The van der Waals surface area contributed by atoms with Gasteiger partial charge >= 0.3 is 5.97 Å². The van der Waals surface area contributed by atoms with Crippen molar-refractivity contribution in [2.24, 2.45) is 0 Å². The molecule has 2 N–H and O–H groups in total. The minimum absolute atomic E-state index is 0.0137. The number of rotatable bonds is 7. The number of hydrogen-bond donors (Lipinski definition) is 2. The number of carboxylic acids is 1. The van der Waals surface area contributed by atoms with Crippen molar-refractivity contribution in [1.29, 1.82) is 0 Å². The first-order valence-corrected chi connectivity index (χ1v) is 5.77. The topological polar surface area (TPSA) is 66.4 Å². The van der Waals surface area contributed by atoms with Gasteiger partial charge < -0.3 is 10.4 Å². The Kier molecular flexibility index (Phi) is 7.28. The van der Waals surface area contributed by atoms with Crippen molar-refractivity contribution < 1.29 is 14.7 Å². The van der Waals surface area contributed by atoms with E-state index in [1.165, 1.54) is 11.8 Å². The van der Waals surface area contributed by atoms with Crippen LogP contribution in [-0.4, -0.2) is 34.5 Å². The number of hydrogen-bond acceptors (Lipinski definition) is 3. The third-order valence-electron chi connectivity index (χ3n) is 1.67. The summed E-state index contributed by atoms with van der Waals surface area (Å²) in [5, 5.41) is 11.0. The molecule has 82 valence electrons. The van der Waals surface area contributed by atoms with Crippen LogP contribution in [-0.2, 0) is 9.59 Å². The van der Waals surface area contributed by atoms with Crippen molar-refractivity contribution in [2.45, 2.75) is 31.9 Å². The molecular formula is C9H17NO3S. The molecule has 1 atom stereocenters. The number of thioether (sulfide) groups is 1. The predicted molar refractivity (Wildman–Crippen MR) is 57.5 cm³/mol. The minimum Gasteiger partial charge on any atom is -0.480 e. The van der Waals surface area contributed by atoms with Gasteiger partial charge in [-0.15, -0.1) is 11.8 Å². The number of nitrogens with one attached hydrogen (secondary N) is 1. The first-order valence-electron chi connectivity index (χ1n) is 4.72. The first-order chi connectivity index (χ1) is 6.61. The number of carbonyl (C=O) groups excluding carboxylic acids is 1. The van der Waals surface area contributed by atoms with Crippen LogP contribution in [0.5, 0.6) is 0 Å². The molecule has 0 aromatic rings. The zero-order valence-corrected chi connectivity index (χ0v) is 9.39. The molecule has 0 aromatic heterocycles. The summed E-state index contributed by atoms with van der Waals surface area (Å²) in [6, 6.07) is 0. The van der Waals surface area contributed by atoms with Gasteiger partial charge in [0.05, 0.1) is 0 Å². The standard InChI is InChI=1S/C9H17NO3S/c1-3-7(9(12)13)14-6-5-8(11)10-4-2/h7H,3-6H2,1-2H3,(H,10,11)(H,12,13). The lowest BCUT2D eigenvalue weighted by Crippen LogP contribution is -2.23. The highest BCUT2D eigenvalue weighted by Crippen LogP contribution is 2.15. The van der Waals surface area contributed by atoms with Gasteiger partial charge in [0.1, 0.15) is 5.25 Å². The molecule has 0 saturated heterocycles. The van der Waals surface area contributed by atoms with Gasteiger partial charge in [0.15, 0.2) is 0 Å². The maximum absolute atomic E-state index is 11.0. The van der Waals surface area contributed by atoms with E-state index in [2.05, 4.69) is 5.32 Å². The lowest BCUT2D eigenvalue weighted by molar-refractivity contribution is -0.136. The van der Waals surface area contributed by atoms with Crippen LogP contribution in [0.2, 0.25) is 0 Å². The number of carbonyl (C=O) groups is 2. The lowest BCUT2D eigenvalue weighted by Gasteiger charge is -2.08. The van der Waals surface area contributed by atoms with E-state index in [-0.39, 0.29) is 11.2 Å². The van der Waals surface area contributed by atoms with Crippen molar-refractivity contribution in [3.63, 3.8) is 0 Å².